The summed E-state index contributed by atoms with van der Waals surface area (Å²) in [4.78, 5) is 0. The molecule has 7 heteroatoms. The topological polar surface area (TPSA) is 77.1 Å². The van der Waals surface area contributed by atoms with Crippen molar-refractivity contribution in [2.75, 3.05) is 7.11 Å². The van der Waals surface area contributed by atoms with Crippen LogP contribution < -0.4 is 15.2 Å². The van der Waals surface area contributed by atoms with Gasteiger partial charge in [-0.15, -0.1) is 0 Å². The Kier molecular flexibility index (Phi) is 4.22. The quantitative estimate of drug-likeness (QED) is 0.393. The summed E-state index contributed by atoms with van der Waals surface area (Å²) in [5.74, 6) is -1.48. The molecule has 2 aromatic carbocycles. The van der Waals surface area contributed by atoms with Gasteiger partial charge in [-0.3, -0.25) is 0 Å². The number of hydrogen-bond donors (Lipinski definition) is 2. The van der Waals surface area contributed by atoms with Crippen LogP contribution in [0.5, 0.6) is 17.2 Å². The Labute approximate surface area is 119 Å². The predicted molar refractivity (Wildman–Crippen MR) is 71.9 cm³/mol. The highest BCUT2D eigenvalue weighted by Gasteiger charge is 2.14. The van der Waals surface area contributed by atoms with Crippen LogP contribution >= 0.6 is 0 Å². The average molecular weight is 294 g/mol. The largest absolute Gasteiger partial charge is 0.497 e. The van der Waals surface area contributed by atoms with Gasteiger partial charge in [-0.25, -0.2) is 8.78 Å². The van der Waals surface area contributed by atoms with Crippen LogP contribution in [-0.4, -0.2) is 18.2 Å². The molecule has 0 unspecified atom stereocenters. The lowest BCUT2D eigenvalue weighted by molar-refractivity contribution is 0.318. The van der Waals surface area contributed by atoms with Crippen molar-refractivity contribution >= 4 is 5.84 Å². The van der Waals surface area contributed by atoms with E-state index >= 15 is 0 Å². The number of oxime groups is 1. The summed E-state index contributed by atoms with van der Waals surface area (Å²) in [6.07, 6.45) is 0. The molecule has 0 radical (unpaired) electrons. The molecule has 0 heterocycles. The van der Waals surface area contributed by atoms with E-state index in [1.165, 1.54) is 19.2 Å². The predicted octanol–water partition coefficient (Wildman–Crippen LogP) is 2.86. The first kappa shape index (κ1) is 14.6. The minimum absolute atomic E-state index is 0.0640. The third kappa shape index (κ3) is 3.19. The second-order valence-corrected chi connectivity index (χ2v) is 4.02. The molecule has 3 N–H and O–H groups in total. The second-order valence-electron chi connectivity index (χ2n) is 4.02. The molecule has 110 valence electrons. The number of nitrogens with zero attached hydrogens (tertiary/aromatic N) is 1. The lowest BCUT2D eigenvalue weighted by Gasteiger charge is -2.12. The van der Waals surface area contributed by atoms with Crippen molar-refractivity contribution in [2.45, 2.75) is 0 Å². The minimum atomic E-state index is -0.746. The van der Waals surface area contributed by atoms with Crippen LogP contribution in [-0.2, 0) is 0 Å². The van der Waals surface area contributed by atoms with E-state index in [4.69, 9.17) is 20.4 Å². The highest BCUT2D eigenvalue weighted by molar-refractivity contribution is 5.99. The summed E-state index contributed by atoms with van der Waals surface area (Å²) in [5.41, 5.74) is 5.73. The van der Waals surface area contributed by atoms with Crippen LogP contribution in [0.3, 0.4) is 0 Å². The molecule has 0 amide bonds. The fraction of sp³-hybridized carbons (Fsp3) is 0.0714. The third-order valence-corrected chi connectivity index (χ3v) is 2.69. The van der Waals surface area contributed by atoms with Gasteiger partial charge in [0.25, 0.3) is 0 Å². The Hall–Kier alpha value is -2.83. The number of hydrogen-bond acceptors (Lipinski definition) is 4. The molecule has 0 atom stereocenters. The van der Waals surface area contributed by atoms with Gasteiger partial charge in [-0.2, -0.15) is 0 Å². The summed E-state index contributed by atoms with van der Waals surface area (Å²) < 4.78 is 37.1. The first-order valence-electron chi connectivity index (χ1n) is 5.84. The Morgan fingerprint density at radius 3 is 2.57 bits per heavy atom. The summed E-state index contributed by atoms with van der Waals surface area (Å²) >= 11 is 0. The summed E-state index contributed by atoms with van der Waals surface area (Å²) in [6.45, 7) is 0. The van der Waals surface area contributed by atoms with Gasteiger partial charge in [0, 0.05) is 12.1 Å². The highest BCUT2D eigenvalue weighted by atomic mass is 19.1. The molecular formula is C14H12F2N2O3. The number of rotatable bonds is 4. The van der Waals surface area contributed by atoms with Crippen LogP contribution in [0.4, 0.5) is 8.78 Å². The maximum atomic E-state index is 13.6. The van der Waals surface area contributed by atoms with Gasteiger partial charge in [0.2, 0.25) is 0 Å². The average Bonchev–Trinajstić information content (AvgIpc) is 2.50. The first-order chi connectivity index (χ1) is 10.0. The molecule has 0 fully saturated rings. The van der Waals surface area contributed by atoms with E-state index in [-0.39, 0.29) is 22.9 Å². The maximum Gasteiger partial charge on any atom is 0.173 e. The molecule has 0 saturated heterocycles. The lowest BCUT2D eigenvalue weighted by Crippen LogP contribution is -2.14. The summed E-state index contributed by atoms with van der Waals surface area (Å²) in [7, 11) is 1.44. The number of methoxy groups -OCH3 is 1. The number of halogens is 2. The van der Waals surface area contributed by atoms with E-state index in [1.54, 1.807) is 6.07 Å². The smallest absolute Gasteiger partial charge is 0.173 e. The monoisotopic (exact) mass is 294 g/mol. The van der Waals surface area contributed by atoms with Crippen molar-refractivity contribution < 1.29 is 23.5 Å². The zero-order valence-electron chi connectivity index (χ0n) is 11.0. The molecule has 0 aliphatic carbocycles. The number of amidine groups is 1. The third-order valence-electron chi connectivity index (χ3n) is 2.69. The highest BCUT2D eigenvalue weighted by Crippen LogP contribution is 2.31. The van der Waals surface area contributed by atoms with E-state index in [0.717, 1.165) is 18.2 Å². The van der Waals surface area contributed by atoms with Gasteiger partial charge in [0.05, 0.1) is 12.7 Å². The first-order valence-corrected chi connectivity index (χ1v) is 5.84. The zero-order chi connectivity index (χ0) is 15.4. The minimum Gasteiger partial charge on any atom is -0.497 e. The van der Waals surface area contributed by atoms with E-state index in [9.17, 15) is 8.78 Å². The summed E-state index contributed by atoms with van der Waals surface area (Å²) in [5, 5.41) is 11.6. The number of ether oxygens (including phenoxy) is 2. The molecule has 21 heavy (non-hydrogen) atoms. The maximum absolute atomic E-state index is 13.6. The fourth-order valence-corrected chi connectivity index (χ4v) is 1.65. The normalized spacial score (nSPS) is 11.3. The SMILES string of the molecule is COc1ccc(/C(N)=N/O)c(Oc2cc(F)ccc2F)c1. The van der Waals surface area contributed by atoms with Gasteiger partial charge >= 0.3 is 0 Å². The Morgan fingerprint density at radius 1 is 1.14 bits per heavy atom. The standard InChI is InChI=1S/C14H12F2N2O3/c1-20-9-3-4-10(14(17)18-19)12(7-9)21-13-6-8(15)2-5-11(13)16/h2-7,19H,1H3,(H2,17,18). The van der Waals surface area contributed by atoms with Gasteiger partial charge in [0.1, 0.15) is 17.3 Å². The second kappa shape index (κ2) is 6.08. The van der Waals surface area contributed by atoms with Crippen LogP contribution in [0.2, 0.25) is 0 Å². The van der Waals surface area contributed by atoms with Gasteiger partial charge < -0.3 is 20.4 Å². The van der Waals surface area contributed by atoms with Crippen molar-refractivity contribution in [3.8, 4) is 17.2 Å². The fourth-order valence-electron chi connectivity index (χ4n) is 1.65. The van der Waals surface area contributed by atoms with Gasteiger partial charge in [-0.1, -0.05) is 5.16 Å². The van der Waals surface area contributed by atoms with Crippen molar-refractivity contribution in [1.29, 1.82) is 0 Å². The van der Waals surface area contributed by atoms with E-state index in [2.05, 4.69) is 5.16 Å². The van der Waals surface area contributed by atoms with Crippen molar-refractivity contribution in [3.05, 3.63) is 53.6 Å². The zero-order valence-corrected chi connectivity index (χ0v) is 11.0. The van der Waals surface area contributed by atoms with Crippen LogP contribution in [0, 0.1) is 11.6 Å². The van der Waals surface area contributed by atoms with Gasteiger partial charge in [-0.05, 0) is 24.3 Å². The molecule has 0 bridgehead atoms. The van der Waals surface area contributed by atoms with Crippen LogP contribution in [0.25, 0.3) is 0 Å². The molecule has 0 spiro atoms. The molecule has 2 aromatic rings. The van der Waals surface area contributed by atoms with Crippen molar-refractivity contribution in [2.24, 2.45) is 10.9 Å². The lowest BCUT2D eigenvalue weighted by atomic mass is 10.1. The molecule has 2 rings (SSSR count). The molecule has 0 aromatic heterocycles. The van der Waals surface area contributed by atoms with E-state index in [1.807, 2.05) is 0 Å². The molecule has 0 aliphatic heterocycles. The van der Waals surface area contributed by atoms with E-state index < -0.39 is 11.6 Å². The molecular weight excluding hydrogens is 282 g/mol. The Balaban J connectivity index is 2.48. The number of nitrogens with two attached hydrogens (primary N) is 1. The van der Waals surface area contributed by atoms with Gasteiger partial charge in [0.15, 0.2) is 17.4 Å². The van der Waals surface area contributed by atoms with E-state index in [0.29, 0.717) is 5.75 Å². The Morgan fingerprint density at radius 2 is 1.90 bits per heavy atom. The van der Waals surface area contributed by atoms with Crippen LogP contribution in [0.1, 0.15) is 5.56 Å². The molecule has 0 saturated carbocycles. The van der Waals surface area contributed by atoms with Crippen molar-refractivity contribution in [1.82, 2.24) is 0 Å². The molecule has 0 aliphatic rings. The summed E-state index contributed by atoms with van der Waals surface area (Å²) in [6, 6.07) is 7.25. The van der Waals surface area contributed by atoms with Crippen LogP contribution in [0.15, 0.2) is 41.6 Å². The Bertz CT molecular complexity index is 690. The molecule has 5 nitrogen and oxygen atoms in total. The van der Waals surface area contributed by atoms with Crippen molar-refractivity contribution in [3.63, 3.8) is 0 Å². The number of benzene rings is 2.